The number of rotatable bonds is 5. The molecule has 0 spiro atoms. The molecule has 1 saturated carbocycles. The highest BCUT2D eigenvalue weighted by Crippen LogP contribution is 2.41. The maximum Gasteiger partial charge on any atom is 0.0141 e. The number of thiophene rings is 1. The predicted octanol–water partition coefficient (Wildman–Crippen LogP) is 5.29. The fourth-order valence-corrected chi connectivity index (χ4v) is 4.85. The van der Waals surface area contributed by atoms with Crippen LogP contribution in [-0.4, -0.2) is 13.1 Å². The van der Waals surface area contributed by atoms with E-state index in [-0.39, 0.29) is 0 Å². The first-order valence-corrected chi connectivity index (χ1v) is 9.50. The maximum absolute atomic E-state index is 3.61. The summed E-state index contributed by atoms with van der Waals surface area (Å²) in [6.07, 6.45) is 8.02. The van der Waals surface area contributed by atoms with E-state index in [2.05, 4.69) is 52.2 Å². The van der Waals surface area contributed by atoms with Crippen LogP contribution in [0.4, 0.5) is 0 Å². The summed E-state index contributed by atoms with van der Waals surface area (Å²) in [5.74, 6) is 1.78. The molecule has 0 aliphatic heterocycles. The molecule has 21 heavy (non-hydrogen) atoms. The molecule has 1 heterocycles. The van der Waals surface area contributed by atoms with Gasteiger partial charge in [0.2, 0.25) is 0 Å². The van der Waals surface area contributed by atoms with Gasteiger partial charge in [-0.2, -0.15) is 0 Å². The molecule has 1 aromatic heterocycles. The molecular formula is C19H33NS. The van der Waals surface area contributed by atoms with Crippen LogP contribution < -0.4 is 5.32 Å². The van der Waals surface area contributed by atoms with Gasteiger partial charge in [-0.1, -0.05) is 27.7 Å². The summed E-state index contributed by atoms with van der Waals surface area (Å²) in [5, 5.41) is 3.61. The van der Waals surface area contributed by atoms with Crippen LogP contribution in [0.2, 0.25) is 0 Å². The summed E-state index contributed by atoms with van der Waals surface area (Å²) in [5.41, 5.74) is 0.490. The largest absolute Gasteiger partial charge is 0.316 e. The Bertz CT molecular complexity index is 421. The van der Waals surface area contributed by atoms with Gasteiger partial charge in [-0.25, -0.2) is 0 Å². The standard InChI is InChI=1S/C19H33NS/c1-6-16-11-12-17(21-16)13-18(20-5)14-7-9-15(10-8-14)19(2,3)4/h11-12,14-15,18,20H,6-10,13H2,1-5H3. The van der Waals surface area contributed by atoms with Crippen LogP contribution in [0.3, 0.4) is 0 Å². The Labute approximate surface area is 135 Å². The molecule has 0 radical (unpaired) electrons. The third-order valence-electron chi connectivity index (χ3n) is 5.42. The predicted molar refractivity (Wildman–Crippen MR) is 95.2 cm³/mol. The Hall–Kier alpha value is -0.340. The SMILES string of the molecule is CCc1ccc(CC(NC)C2CCC(C(C)(C)C)CC2)s1. The van der Waals surface area contributed by atoms with Crippen LogP contribution >= 0.6 is 11.3 Å². The average Bonchev–Trinajstić information content (AvgIpc) is 2.92. The van der Waals surface area contributed by atoms with Gasteiger partial charge in [0.05, 0.1) is 0 Å². The molecule has 120 valence electrons. The Morgan fingerprint density at radius 2 is 1.76 bits per heavy atom. The molecule has 0 amide bonds. The summed E-state index contributed by atoms with van der Waals surface area (Å²) in [7, 11) is 2.15. The van der Waals surface area contributed by atoms with Gasteiger partial charge in [0.15, 0.2) is 0 Å². The van der Waals surface area contributed by atoms with Crippen LogP contribution in [0.15, 0.2) is 12.1 Å². The molecule has 1 atom stereocenters. The van der Waals surface area contributed by atoms with Gasteiger partial charge in [-0.05, 0) is 75.0 Å². The van der Waals surface area contributed by atoms with Gasteiger partial charge < -0.3 is 5.32 Å². The van der Waals surface area contributed by atoms with Crippen LogP contribution in [0.25, 0.3) is 0 Å². The number of hydrogen-bond acceptors (Lipinski definition) is 2. The summed E-state index contributed by atoms with van der Waals surface area (Å²) in [6, 6.07) is 5.31. The Morgan fingerprint density at radius 1 is 1.14 bits per heavy atom. The fourth-order valence-electron chi connectivity index (χ4n) is 3.83. The Morgan fingerprint density at radius 3 is 2.24 bits per heavy atom. The van der Waals surface area contributed by atoms with Gasteiger partial charge >= 0.3 is 0 Å². The third kappa shape index (κ3) is 4.56. The molecule has 1 nitrogen and oxygen atoms in total. The Balaban J connectivity index is 1.90. The van der Waals surface area contributed by atoms with Crippen molar-refractivity contribution in [3.05, 3.63) is 21.9 Å². The van der Waals surface area contributed by atoms with E-state index in [4.69, 9.17) is 0 Å². The first-order valence-electron chi connectivity index (χ1n) is 8.69. The number of likely N-dealkylation sites (N-methyl/N-ethyl adjacent to an activating group) is 1. The second kappa shape index (κ2) is 7.28. The molecule has 1 N–H and O–H groups in total. The normalized spacial score (nSPS) is 25.0. The van der Waals surface area contributed by atoms with E-state index in [0.717, 1.165) is 11.8 Å². The molecule has 1 aliphatic rings. The smallest absolute Gasteiger partial charge is 0.0141 e. The van der Waals surface area contributed by atoms with Crippen LogP contribution in [0.1, 0.15) is 63.1 Å². The van der Waals surface area contributed by atoms with Crippen molar-refractivity contribution in [1.82, 2.24) is 5.32 Å². The van der Waals surface area contributed by atoms with Crippen molar-refractivity contribution in [2.75, 3.05) is 7.05 Å². The average molecular weight is 308 g/mol. The number of nitrogens with one attached hydrogen (secondary N) is 1. The maximum atomic E-state index is 3.61. The van der Waals surface area contributed by atoms with Crippen LogP contribution in [-0.2, 0) is 12.8 Å². The molecule has 0 saturated heterocycles. The third-order valence-corrected chi connectivity index (χ3v) is 6.68. The van der Waals surface area contributed by atoms with Crippen molar-refractivity contribution in [2.45, 2.75) is 72.3 Å². The lowest BCUT2D eigenvalue weighted by atomic mass is 9.68. The lowest BCUT2D eigenvalue weighted by Gasteiger charge is -2.39. The van der Waals surface area contributed by atoms with E-state index in [9.17, 15) is 0 Å². The molecule has 0 aromatic carbocycles. The Kier molecular flexibility index (Phi) is 5.90. The highest BCUT2D eigenvalue weighted by molar-refractivity contribution is 7.11. The highest BCUT2D eigenvalue weighted by atomic mass is 32.1. The zero-order valence-corrected chi connectivity index (χ0v) is 15.4. The number of aryl methyl sites for hydroxylation is 1. The molecular weight excluding hydrogens is 274 g/mol. The van der Waals surface area contributed by atoms with Crippen molar-refractivity contribution in [2.24, 2.45) is 17.3 Å². The first-order chi connectivity index (χ1) is 9.94. The van der Waals surface area contributed by atoms with E-state index < -0.39 is 0 Å². The van der Waals surface area contributed by atoms with Crippen molar-refractivity contribution < 1.29 is 0 Å². The molecule has 1 unspecified atom stereocenters. The molecule has 1 aromatic rings. The summed E-state index contributed by atoms with van der Waals surface area (Å²) in [4.78, 5) is 3.08. The van der Waals surface area contributed by atoms with Crippen LogP contribution in [0.5, 0.6) is 0 Å². The van der Waals surface area contributed by atoms with E-state index in [0.29, 0.717) is 11.5 Å². The molecule has 1 aliphatic carbocycles. The second-order valence-corrected chi connectivity index (χ2v) is 9.05. The summed E-state index contributed by atoms with van der Waals surface area (Å²) in [6.45, 7) is 9.47. The van der Waals surface area contributed by atoms with Crippen molar-refractivity contribution in [1.29, 1.82) is 0 Å². The molecule has 2 heteroatoms. The van der Waals surface area contributed by atoms with Gasteiger partial charge in [0.25, 0.3) is 0 Å². The zero-order chi connectivity index (χ0) is 15.5. The topological polar surface area (TPSA) is 12.0 Å². The molecule has 2 rings (SSSR count). The number of hydrogen-bond donors (Lipinski definition) is 1. The zero-order valence-electron chi connectivity index (χ0n) is 14.5. The summed E-state index contributed by atoms with van der Waals surface area (Å²) >= 11 is 2.01. The monoisotopic (exact) mass is 307 g/mol. The van der Waals surface area contributed by atoms with Crippen molar-refractivity contribution >= 4 is 11.3 Å². The lowest BCUT2D eigenvalue weighted by molar-refractivity contribution is 0.134. The van der Waals surface area contributed by atoms with Gasteiger partial charge in [-0.15, -0.1) is 11.3 Å². The lowest BCUT2D eigenvalue weighted by Crippen LogP contribution is -2.38. The highest BCUT2D eigenvalue weighted by Gasteiger charge is 2.32. The van der Waals surface area contributed by atoms with E-state index in [1.165, 1.54) is 43.4 Å². The molecule has 1 fully saturated rings. The second-order valence-electron chi connectivity index (χ2n) is 7.80. The minimum atomic E-state index is 0.490. The van der Waals surface area contributed by atoms with Gasteiger partial charge in [-0.3, -0.25) is 0 Å². The minimum Gasteiger partial charge on any atom is -0.316 e. The van der Waals surface area contributed by atoms with E-state index in [1.807, 2.05) is 11.3 Å². The first kappa shape index (κ1) is 17.0. The quantitative estimate of drug-likeness (QED) is 0.779. The molecule has 0 bridgehead atoms. The van der Waals surface area contributed by atoms with Crippen LogP contribution in [0, 0.1) is 17.3 Å². The van der Waals surface area contributed by atoms with E-state index >= 15 is 0 Å². The van der Waals surface area contributed by atoms with E-state index in [1.54, 1.807) is 4.88 Å². The van der Waals surface area contributed by atoms with Crippen molar-refractivity contribution in [3.63, 3.8) is 0 Å². The fraction of sp³-hybridized carbons (Fsp3) is 0.789. The van der Waals surface area contributed by atoms with Gasteiger partial charge in [0.1, 0.15) is 0 Å². The minimum absolute atomic E-state index is 0.490. The summed E-state index contributed by atoms with van der Waals surface area (Å²) < 4.78 is 0. The van der Waals surface area contributed by atoms with Crippen molar-refractivity contribution in [3.8, 4) is 0 Å². The van der Waals surface area contributed by atoms with Gasteiger partial charge in [0, 0.05) is 15.8 Å².